The van der Waals surface area contributed by atoms with Gasteiger partial charge in [0, 0.05) is 38.0 Å². The van der Waals surface area contributed by atoms with Crippen LogP contribution in [0, 0.1) is 10.8 Å². The second-order valence-electron chi connectivity index (χ2n) is 22.8. The predicted molar refractivity (Wildman–Crippen MR) is 283 cm³/mol. The number of fused-ring (bicyclic) bond motifs is 2. The lowest BCUT2D eigenvalue weighted by molar-refractivity contribution is -0.144. The summed E-state index contributed by atoms with van der Waals surface area (Å²) >= 11 is 0. The van der Waals surface area contributed by atoms with Gasteiger partial charge in [0.2, 0.25) is 47.3 Å². The van der Waals surface area contributed by atoms with Gasteiger partial charge in [-0.3, -0.25) is 38.4 Å². The predicted octanol–water partition coefficient (Wildman–Crippen LogP) is 3.16. The largest absolute Gasteiger partial charge is 0.351 e. The van der Waals surface area contributed by atoms with Crippen LogP contribution in [0.5, 0.6) is 0 Å². The highest BCUT2D eigenvalue weighted by Gasteiger charge is 2.48. The third-order valence-electron chi connectivity index (χ3n) is 15.1. The molecule has 74 heavy (non-hydrogen) atoms. The van der Waals surface area contributed by atoms with Crippen LogP contribution >= 0.6 is 0 Å². The highest BCUT2D eigenvalue weighted by atomic mass is 16.2. The number of carbonyl (C=O) groups is 8. The summed E-state index contributed by atoms with van der Waals surface area (Å²) in [7, 11) is 3.31. The van der Waals surface area contributed by atoms with Crippen LogP contribution in [0.1, 0.15) is 141 Å². The van der Waals surface area contributed by atoms with Crippen molar-refractivity contribution >= 4 is 47.3 Å². The number of amides is 8. The summed E-state index contributed by atoms with van der Waals surface area (Å²) in [6, 6.07) is 9.53. The Hall–Kier alpha value is -6.14. The Morgan fingerprint density at radius 2 is 0.932 bits per heavy atom. The van der Waals surface area contributed by atoms with Crippen molar-refractivity contribution in [2.75, 3.05) is 27.2 Å². The standard InChI is InChI=1S/C56H82N10O8/c1-33(57-9)49(69)63-47(55(3,4)5)53(73)65-31-37(29-43(65)51(71)61-41-25-17-21-35-19-11-13-23-39(35)41)59-45(67)27-15-16-28-46(68)60-38-30-44(52(72)62-42-26-18-22-36-20-12-14-24-40(36)42)66(32-38)54(74)48(56(6,7)8)64-50(70)34(2)58-10/h11-16,19-20,23-24,33-34,37-38,41-44,47-48,57-58H,17-18,21-22,25-32H2,1-10H3,(H,59,67)(H,60,68)(H,61,71)(H,62,72)(H,63,69)(H,64,70)/b16-15+/t33-,34-,37-,38-,41+,42+,43-,44?,47-,48-/m0/s1. The van der Waals surface area contributed by atoms with Crippen molar-refractivity contribution < 1.29 is 38.4 Å². The molecule has 2 aromatic rings. The maximum absolute atomic E-state index is 14.5. The Labute approximate surface area is 437 Å². The van der Waals surface area contributed by atoms with Gasteiger partial charge in [0.15, 0.2) is 0 Å². The number of nitrogens with zero attached hydrogens (tertiary/aromatic N) is 2. The van der Waals surface area contributed by atoms with Gasteiger partial charge in [-0.2, -0.15) is 0 Å². The number of likely N-dealkylation sites (N-methyl/N-ethyl adjacent to an activating group) is 2. The minimum atomic E-state index is -0.962. The van der Waals surface area contributed by atoms with Gasteiger partial charge in [-0.25, -0.2) is 0 Å². The first-order valence-electron chi connectivity index (χ1n) is 26.6. The summed E-state index contributed by atoms with van der Waals surface area (Å²) in [4.78, 5) is 114. The summed E-state index contributed by atoms with van der Waals surface area (Å²) in [5, 5.41) is 24.1. The summed E-state index contributed by atoms with van der Waals surface area (Å²) in [6.07, 6.45) is 8.45. The number of aryl methyl sites for hydroxylation is 2. The third kappa shape index (κ3) is 14.4. The molecule has 8 N–H and O–H groups in total. The average Bonchev–Trinajstić information content (AvgIpc) is 3.99. The lowest BCUT2D eigenvalue weighted by atomic mass is 9.85. The third-order valence-corrected chi connectivity index (χ3v) is 15.1. The highest BCUT2D eigenvalue weighted by molar-refractivity contribution is 5.95. The summed E-state index contributed by atoms with van der Waals surface area (Å²) < 4.78 is 0. The number of hydrogen-bond donors (Lipinski definition) is 8. The van der Waals surface area contributed by atoms with Crippen LogP contribution in [-0.4, -0.2) is 133 Å². The Kier molecular flexibility index (Phi) is 19.2. The molecule has 2 heterocycles. The molecular weight excluding hydrogens is 941 g/mol. The molecule has 2 fully saturated rings. The smallest absolute Gasteiger partial charge is 0.246 e. The Balaban J connectivity index is 1.10. The first-order valence-corrected chi connectivity index (χ1v) is 26.6. The van der Waals surface area contributed by atoms with Crippen LogP contribution in [0.3, 0.4) is 0 Å². The molecule has 2 aromatic carbocycles. The Morgan fingerprint density at radius 3 is 1.28 bits per heavy atom. The molecule has 1 unspecified atom stereocenters. The second-order valence-corrected chi connectivity index (χ2v) is 22.8. The maximum atomic E-state index is 14.5. The van der Waals surface area contributed by atoms with E-state index in [0.717, 1.165) is 49.7 Å². The normalized spacial score (nSPS) is 23.3. The van der Waals surface area contributed by atoms with E-state index in [1.807, 2.05) is 77.9 Å². The lowest BCUT2D eigenvalue weighted by Gasteiger charge is -2.36. The molecule has 404 valence electrons. The van der Waals surface area contributed by atoms with E-state index in [9.17, 15) is 38.4 Å². The van der Waals surface area contributed by atoms with Crippen molar-refractivity contribution in [3.8, 4) is 0 Å². The number of benzene rings is 2. The van der Waals surface area contributed by atoms with Crippen molar-refractivity contribution in [3.05, 3.63) is 82.9 Å². The first kappa shape index (κ1) is 57.1. The van der Waals surface area contributed by atoms with Crippen LogP contribution in [-0.2, 0) is 51.2 Å². The fourth-order valence-corrected chi connectivity index (χ4v) is 10.6. The van der Waals surface area contributed by atoms with Crippen molar-refractivity contribution in [1.82, 2.24) is 52.3 Å². The topological polar surface area (TPSA) is 239 Å². The molecule has 0 spiro atoms. The zero-order chi connectivity index (χ0) is 54.1. The monoisotopic (exact) mass is 1020 g/mol. The minimum absolute atomic E-state index is 0.0475. The Bertz CT molecular complexity index is 2250. The van der Waals surface area contributed by atoms with Gasteiger partial charge in [-0.05, 0) is 112 Å². The van der Waals surface area contributed by atoms with Gasteiger partial charge in [0.25, 0.3) is 0 Å². The van der Waals surface area contributed by atoms with E-state index in [-0.39, 0.29) is 86.3 Å². The van der Waals surface area contributed by atoms with Gasteiger partial charge in [0.05, 0.1) is 24.2 Å². The van der Waals surface area contributed by atoms with Crippen LogP contribution in [0.15, 0.2) is 60.7 Å². The summed E-state index contributed by atoms with van der Waals surface area (Å²) in [5.74, 6) is -2.95. The van der Waals surface area contributed by atoms with E-state index >= 15 is 0 Å². The lowest BCUT2D eigenvalue weighted by Crippen LogP contribution is -2.59. The number of carbonyl (C=O) groups excluding carboxylic acids is 8. The van der Waals surface area contributed by atoms with Gasteiger partial charge in [-0.1, -0.05) is 102 Å². The summed E-state index contributed by atoms with van der Waals surface area (Å²) in [6.45, 7) is 14.6. The van der Waals surface area contributed by atoms with Crippen LogP contribution in [0.2, 0.25) is 0 Å². The van der Waals surface area contributed by atoms with Gasteiger partial charge >= 0.3 is 0 Å². The second kappa shape index (κ2) is 24.9. The van der Waals surface area contributed by atoms with Crippen molar-refractivity contribution in [1.29, 1.82) is 0 Å². The van der Waals surface area contributed by atoms with E-state index in [1.165, 1.54) is 20.9 Å². The molecule has 2 saturated heterocycles. The quantitative estimate of drug-likeness (QED) is 0.102. The minimum Gasteiger partial charge on any atom is -0.351 e. The van der Waals surface area contributed by atoms with Crippen LogP contribution < -0.4 is 42.5 Å². The number of hydrogen-bond acceptors (Lipinski definition) is 10. The number of rotatable bonds is 18. The van der Waals surface area contributed by atoms with E-state index < -0.39 is 71.0 Å². The summed E-state index contributed by atoms with van der Waals surface area (Å²) in [5.41, 5.74) is 3.02. The van der Waals surface area contributed by atoms with Gasteiger partial charge < -0.3 is 52.3 Å². The van der Waals surface area contributed by atoms with Crippen LogP contribution in [0.4, 0.5) is 0 Å². The molecule has 2 aliphatic carbocycles. The van der Waals surface area contributed by atoms with Crippen molar-refractivity contribution in [2.24, 2.45) is 10.8 Å². The van der Waals surface area contributed by atoms with E-state index in [1.54, 1.807) is 40.1 Å². The van der Waals surface area contributed by atoms with Crippen molar-refractivity contribution in [3.63, 3.8) is 0 Å². The van der Waals surface area contributed by atoms with E-state index in [0.29, 0.717) is 0 Å². The molecule has 18 heteroatoms. The molecule has 0 bridgehead atoms. The van der Waals surface area contributed by atoms with E-state index in [4.69, 9.17) is 0 Å². The average molecular weight is 1020 g/mol. The molecular formula is C56H82N10O8. The van der Waals surface area contributed by atoms with Gasteiger partial charge in [0.1, 0.15) is 24.2 Å². The van der Waals surface area contributed by atoms with Crippen LogP contribution in [0.25, 0.3) is 0 Å². The first-order chi connectivity index (χ1) is 35.0. The zero-order valence-electron chi connectivity index (χ0n) is 45.2. The molecule has 10 atom stereocenters. The zero-order valence-corrected chi connectivity index (χ0v) is 45.2. The van der Waals surface area contributed by atoms with Crippen molar-refractivity contribution in [2.45, 2.75) is 180 Å². The Morgan fingerprint density at radius 1 is 0.568 bits per heavy atom. The SMILES string of the molecule is CN[C@@H](C)C(=O)N[C@@H](C(=O)N1C[C@@H](NC(=O)C/C=C/CC(=O)N[C@H]2C[C@@H](C(=O)N[C@@H]3CCCc4ccccc43)N(C(=O)[C@H](NC(=O)[C@H](C)NC)C(C)(C)C)C2)CC1C(=O)N[C@@H]1CCCc2ccccc21)C(C)(C)C. The molecule has 8 amide bonds. The molecule has 18 nitrogen and oxygen atoms in total. The number of likely N-dealkylation sites (tertiary alicyclic amines) is 2. The molecule has 0 radical (unpaired) electrons. The molecule has 2 aliphatic heterocycles. The van der Waals surface area contributed by atoms with E-state index in [2.05, 4.69) is 54.7 Å². The molecule has 6 rings (SSSR count). The number of nitrogens with one attached hydrogen (secondary N) is 8. The van der Waals surface area contributed by atoms with Gasteiger partial charge in [-0.15, -0.1) is 0 Å². The molecule has 0 saturated carbocycles. The maximum Gasteiger partial charge on any atom is 0.246 e. The molecule has 0 aromatic heterocycles. The fourth-order valence-electron chi connectivity index (χ4n) is 10.6. The fraction of sp³-hybridized carbons (Fsp3) is 0.607. The molecule has 4 aliphatic rings. The highest BCUT2D eigenvalue weighted by Crippen LogP contribution is 2.34.